The van der Waals surface area contributed by atoms with Gasteiger partial charge in [0.1, 0.15) is 0 Å². The molecule has 0 atom stereocenters. The summed E-state index contributed by atoms with van der Waals surface area (Å²) >= 11 is 7.56. The highest BCUT2D eigenvalue weighted by Crippen LogP contribution is 2.32. The number of halogens is 1. The van der Waals surface area contributed by atoms with Crippen LogP contribution in [-0.4, -0.2) is 75.7 Å². The van der Waals surface area contributed by atoms with E-state index in [9.17, 15) is 14.4 Å². The SMILES string of the molecule is O=C(CN1CCN(C(=O)O)CC1)Nc1ccc(Cl)c(NC2=NC(=O)/C(=C/c3ccc4ncccc4c3)S2)c1. The van der Waals surface area contributed by atoms with E-state index in [4.69, 9.17) is 16.7 Å². The number of amidine groups is 1. The number of piperazine rings is 1. The number of hydrogen-bond acceptors (Lipinski definition) is 7. The average Bonchev–Trinajstić information content (AvgIpc) is 3.24. The van der Waals surface area contributed by atoms with Gasteiger partial charge in [-0.05, 0) is 59.8 Å². The molecule has 2 aliphatic rings. The minimum Gasteiger partial charge on any atom is -0.465 e. The zero-order chi connectivity index (χ0) is 26.6. The summed E-state index contributed by atoms with van der Waals surface area (Å²) in [5.41, 5.74) is 2.77. The van der Waals surface area contributed by atoms with E-state index < -0.39 is 6.09 Å². The second kappa shape index (κ2) is 11.2. The van der Waals surface area contributed by atoms with Crippen LogP contribution >= 0.6 is 23.4 Å². The number of rotatable bonds is 5. The van der Waals surface area contributed by atoms with Gasteiger partial charge in [-0.1, -0.05) is 23.7 Å². The van der Waals surface area contributed by atoms with Gasteiger partial charge in [-0.2, -0.15) is 4.99 Å². The van der Waals surface area contributed by atoms with E-state index in [1.54, 1.807) is 30.5 Å². The molecule has 1 saturated heterocycles. The smallest absolute Gasteiger partial charge is 0.407 e. The molecule has 3 N–H and O–H groups in total. The number of pyridine rings is 1. The Morgan fingerprint density at radius 3 is 2.71 bits per heavy atom. The maximum atomic E-state index is 12.6. The van der Waals surface area contributed by atoms with Crippen molar-refractivity contribution >= 4 is 74.8 Å². The Balaban J connectivity index is 1.20. The Kier molecular flexibility index (Phi) is 7.59. The lowest BCUT2D eigenvalue weighted by Gasteiger charge is -2.32. The summed E-state index contributed by atoms with van der Waals surface area (Å²) in [6.45, 7) is 1.86. The molecule has 0 aliphatic carbocycles. The van der Waals surface area contributed by atoms with Crippen molar-refractivity contribution in [3.05, 3.63) is 70.2 Å². The van der Waals surface area contributed by atoms with E-state index in [0.29, 0.717) is 52.6 Å². The van der Waals surface area contributed by atoms with Gasteiger partial charge >= 0.3 is 6.09 Å². The van der Waals surface area contributed by atoms with E-state index in [-0.39, 0.29) is 18.4 Å². The third-order valence-corrected chi connectivity index (χ3v) is 7.28. The number of nitrogens with one attached hydrogen (secondary N) is 2. The number of nitrogens with zero attached hydrogens (tertiary/aromatic N) is 4. The minimum absolute atomic E-state index is 0.148. The van der Waals surface area contributed by atoms with Crippen molar-refractivity contribution in [2.45, 2.75) is 0 Å². The van der Waals surface area contributed by atoms with E-state index in [1.807, 2.05) is 35.2 Å². The summed E-state index contributed by atoms with van der Waals surface area (Å²) in [6, 6.07) is 14.6. The Bertz CT molecular complexity index is 1490. The molecule has 1 fully saturated rings. The monoisotopic (exact) mass is 550 g/mol. The first kappa shape index (κ1) is 25.7. The van der Waals surface area contributed by atoms with Crippen LogP contribution < -0.4 is 10.6 Å². The van der Waals surface area contributed by atoms with Gasteiger partial charge in [0.25, 0.3) is 5.91 Å². The van der Waals surface area contributed by atoms with Gasteiger partial charge in [0.2, 0.25) is 5.91 Å². The van der Waals surface area contributed by atoms with Crippen LogP contribution in [0.25, 0.3) is 17.0 Å². The number of amides is 3. The number of hydrogen-bond donors (Lipinski definition) is 3. The Morgan fingerprint density at radius 1 is 1.11 bits per heavy atom. The number of fused-ring (bicyclic) bond motifs is 1. The zero-order valence-corrected chi connectivity index (χ0v) is 21.6. The van der Waals surface area contributed by atoms with Gasteiger partial charge in [-0.25, -0.2) is 4.79 Å². The minimum atomic E-state index is -0.948. The van der Waals surface area contributed by atoms with Gasteiger partial charge in [0.05, 0.1) is 27.7 Å². The summed E-state index contributed by atoms with van der Waals surface area (Å²) in [4.78, 5) is 48.3. The van der Waals surface area contributed by atoms with Crippen LogP contribution in [0.3, 0.4) is 0 Å². The Labute approximate surface area is 227 Å². The Morgan fingerprint density at radius 2 is 1.92 bits per heavy atom. The quantitative estimate of drug-likeness (QED) is 0.403. The first-order valence-electron chi connectivity index (χ1n) is 11.8. The standard InChI is InChI=1S/C26H23ClN6O4S/c27-19-5-4-18(29-23(34)15-32-8-10-33(11-9-32)26(36)37)14-21(19)30-25-31-24(35)22(38-25)13-16-3-6-20-17(12-16)2-1-7-28-20/h1-7,12-14H,8-11,15H2,(H,29,34)(H,36,37)(H,30,31,35)/b22-13-. The lowest BCUT2D eigenvalue weighted by Crippen LogP contribution is -2.50. The molecule has 0 unspecified atom stereocenters. The molecular formula is C26H23ClN6O4S. The summed E-state index contributed by atoms with van der Waals surface area (Å²) in [6.07, 6.45) is 2.57. The number of anilines is 2. The molecule has 0 radical (unpaired) electrons. The van der Waals surface area contributed by atoms with Gasteiger partial charge in [-0.15, -0.1) is 0 Å². The second-order valence-corrected chi connectivity index (χ2v) is 10.1. The van der Waals surface area contributed by atoms with Crippen LogP contribution in [0.2, 0.25) is 5.02 Å². The van der Waals surface area contributed by atoms with Crippen molar-refractivity contribution in [1.82, 2.24) is 14.8 Å². The van der Waals surface area contributed by atoms with Crippen molar-refractivity contribution in [3.63, 3.8) is 0 Å². The number of aliphatic imine (C=N–C) groups is 1. The molecule has 0 saturated carbocycles. The highest BCUT2D eigenvalue weighted by Gasteiger charge is 2.24. The summed E-state index contributed by atoms with van der Waals surface area (Å²) in [7, 11) is 0. The maximum Gasteiger partial charge on any atom is 0.407 e. The molecule has 3 amide bonds. The molecule has 1 aromatic heterocycles. The molecule has 3 heterocycles. The van der Waals surface area contributed by atoms with Crippen LogP contribution in [0, 0.1) is 0 Å². The van der Waals surface area contributed by atoms with Crippen LogP contribution in [0.4, 0.5) is 16.2 Å². The number of carbonyl (C=O) groups is 3. The van der Waals surface area contributed by atoms with E-state index in [2.05, 4.69) is 20.6 Å². The van der Waals surface area contributed by atoms with E-state index in [0.717, 1.165) is 16.5 Å². The van der Waals surface area contributed by atoms with Gasteiger partial charge < -0.3 is 20.6 Å². The normalized spacial score (nSPS) is 17.1. The highest BCUT2D eigenvalue weighted by atomic mass is 35.5. The first-order valence-corrected chi connectivity index (χ1v) is 13.0. The molecule has 0 bridgehead atoms. The molecule has 0 spiro atoms. The van der Waals surface area contributed by atoms with E-state index in [1.165, 1.54) is 16.7 Å². The number of aromatic nitrogens is 1. The van der Waals surface area contributed by atoms with Crippen molar-refractivity contribution in [2.24, 2.45) is 4.99 Å². The van der Waals surface area contributed by atoms with Crippen molar-refractivity contribution in [1.29, 1.82) is 0 Å². The van der Waals surface area contributed by atoms with Gasteiger partial charge in [-0.3, -0.25) is 19.5 Å². The third kappa shape index (κ3) is 6.13. The predicted octanol–water partition coefficient (Wildman–Crippen LogP) is 4.20. The van der Waals surface area contributed by atoms with Crippen LogP contribution in [0.5, 0.6) is 0 Å². The topological polar surface area (TPSA) is 127 Å². The predicted molar refractivity (Wildman–Crippen MR) is 149 cm³/mol. The fourth-order valence-corrected chi connectivity index (χ4v) is 5.10. The van der Waals surface area contributed by atoms with Gasteiger partial charge in [0, 0.05) is 43.4 Å². The largest absolute Gasteiger partial charge is 0.465 e. The molecule has 2 aromatic carbocycles. The molecule has 3 aromatic rings. The molecule has 194 valence electrons. The lowest BCUT2D eigenvalue weighted by atomic mass is 10.1. The molecule has 5 rings (SSSR count). The first-order chi connectivity index (χ1) is 18.3. The molecule has 10 nitrogen and oxygen atoms in total. The van der Waals surface area contributed by atoms with Crippen molar-refractivity contribution in [3.8, 4) is 0 Å². The Hall–Kier alpha value is -3.93. The molecule has 12 heteroatoms. The molecule has 38 heavy (non-hydrogen) atoms. The van der Waals surface area contributed by atoms with Crippen LogP contribution in [-0.2, 0) is 9.59 Å². The summed E-state index contributed by atoms with van der Waals surface area (Å²) in [5.74, 6) is -0.576. The third-order valence-electron chi connectivity index (χ3n) is 6.05. The second-order valence-electron chi connectivity index (χ2n) is 8.70. The highest BCUT2D eigenvalue weighted by molar-refractivity contribution is 8.18. The lowest BCUT2D eigenvalue weighted by molar-refractivity contribution is -0.117. The fourth-order valence-electron chi connectivity index (χ4n) is 4.11. The van der Waals surface area contributed by atoms with Crippen LogP contribution in [0.1, 0.15) is 5.56 Å². The average molecular weight is 551 g/mol. The maximum absolute atomic E-state index is 12.6. The number of benzene rings is 2. The van der Waals surface area contributed by atoms with Crippen LogP contribution in [0.15, 0.2) is 64.6 Å². The summed E-state index contributed by atoms with van der Waals surface area (Å²) in [5, 5.41) is 16.7. The number of carbonyl (C=O) groups excluding carboxylic acids is 2. The van der Waals surface area contributed by atoms with Gasteiger partial charge in [0.15, 0.2) is 5.17 Å². The van der Waals surface area contributed by atoms with Crippen molar-refractivity contribution in [2.75, 3.05) is 43.4 Å². The van der Waals surface area contributed by atoms with Crippen molar-refractivity contribution < 1.29 is 19.5 Å². The van der Waals surface area contributed by atoms with E-state index >= 15 is 0 Å². The fraction of sp³-hybridized carbons (Fsp3) is 0.192. The molecule has 2 aliphatic heterocycles. The summed E-state index contributed by atoms with van der Waals surface area (Å²) < 4.78 is 0. The molecular weight excluding hydrogens is 528 g/mol. The zero-order valence-electron chi connectivity index (χ0n) is 20.1. The number of thioether (sulfide) groups is 1. The number of carboxylic acid groups (broad SMARTS) is 1.